The molecule has 96 valence electrons. The summed E-state index contributed by atoms with van der Waals surface area (Å²) in [5, 5.41) is 2.78. The van der Waals surface area contributed by atoms with Crippen molar-refractivity contribution in [1.29, 1.82) is 0 Å². The van der Waals surface area contributed by atoms with E-state index in [1.807, 2.05) is 12.1 Å². The molecule has 0 bridgehead atoms. The monoisotopic (exact) mass is 358 g/mol. The van der Waals surface area contributed by atoms with Crippen molar-refractivity contribution < 1.29 is 9.59 Å². The zero-order valence-corrected chi connectivity index (χ0v) is 12.5. The third kappa shape index (κ3) is 2.36. The minimum atomic E-state index is -0.793. The predicted octanol–water partition coefficient (Wildman–Crippen LogP) is 1.64. The van der Waals surface area contributed by atoms with Crippen LogP contribution in [0, 0.1) is 3.57 Å². The van der Waals surface area contributed by atoms with Crippen LogP contribution in [0.25, 0.3) is 0 Å². The van der Waals surface area contributed by atoms with Gasteiger partial charge in [0.25, 0.3) is 5.91 Å². The SMILES string of the molecule is CC1(C)C(=O)NCCN1C(=O)c1ccc(I)cc1. The highest BCUT2D eigenvalue weighted by atomic mass is 127. The number of piperazine rings is 1. The van der Waals surface area contributed by atoms with Crippen LogP contribution in [0.2, 0.25) is 0 Å². The van der Waals surface area contributed by atoms with Gasteiger partial charge in [0.1, 0.15) is 5.54 Å². The van der Waals surface area contributed by atoms with E-state index in [1.54, 1.807) is 30.9 Å². The van der Waals surface area contributed by atoms with Crippen molar-refractivity contribution in [1.82, 2.24) is 10.2 Å². The molecule has 1 N–H and O–H groups in total. The number of amides is 2. The highest BCUT2D eigenvalue weighted by Gasteiger charge is 2.40. The van der Waals surface area contributed by atoms with E-state index in [2.05, 4.69) is 27.9 Å². The van der Waals surface area contributed by atoms with Crippen LogP contribution in [-0.4, -0.2) is 35.3 Å². The van der Waals surface area contributed by atoms with Gasteiger partial charge in [0.2, 0.25) is 5.91 Å². The fourth-order valence-corrected chi connectivity index (χ4v) is 2.36. The molecule has 0 spiro atoms. The molecule has 2 amide bonds. The Bertz CT molecular complexity index is 482. The topological polar surface area (TPSA) is 49.4 Å². The summed E-state index contributed by atoms with van der Waals surface area (Å²) in [7, 11) is 0. The number of nitrogens with zero attached hydrogens (tertiary/aromatic N) is 1. The quantitative estimate of drug-likeness (QED) is 0.776. The van der Waals surface area contributed by atoms with E-state index in [9.17, 15) is 9.59 Å². The molecule has 0 atom stereocenters. The first-order valence-corrected chi connectivity index (χ1v) is 6.86. The lowest BCUT2D eigenvalue weighted by Gasteiger charge is -2.41. The minimum Gasteiger partial charge on any atom is -0.352 e. The predicted molar refractivity (Wildman–Crippen MR) is 77.3 cm³/mol. The Morgan fingerprint density at radius 2 is 1.94 bits per heavy atom. The second-order valence-electron chi connectivity index (χ2n) is 4.78. The third-order valence-electron chi connectivity index (χ3n) is 3.19. The number of carbonyl (C=O) groups is 2. The average Bonchev–Trinajstić information content (AvgIpc) is 2.33. The second kappa shape index (κ2) is 4.87. The van der Waals surface area contributed by atoms with Crippen molar-refractivity contribution in [2.75, 3.05) is 13.1 Å². The summed E-state index contributed by atoms with van der Waals surface area (Å²) in [6, 6.07) is 7.38. The van der Waals surface area contributed by atoms with Gasteiger partial charge in [-0.1, -0.05) is 0 Å². The number of carbonyl (C=O) groups excluding carboxylic acids is 2. The van der Waals surface area contributed by atoms with Crippen molar-refractivity contribution in [3.8, 4) is 0 Å². The van der Waals surface area contributed by atoms with Crippen LogP contribution in [-0.2, 0) is 4.79 Å². The Labute approximate surface area is 120 Å². The van der Waals surface area contributed by atoms with Gasteiger partial charge in [-0.2, -0.15) is 0 Å². The van der Waals surface area contributed by atoms with E-state index in [-0.39, 0.29) is 11.8 Å². The Morgan fingerprint density at radius 3 is 2.56 bits per heavy atom. The molecule has 0 aromatic heterocycles. The second-order valence-corrected chi connectivity index (χ2v) is 6.02. The highest BCUT2D eigenvalue weighted by molar-refractivity contribution is 14.1. The highest BCUT2D eigenvalue weighted by Crippen LogP contribution is 2.21. The van der Waals surface area contributed by atoms with E-state index >= 15 is 0 Å². The first-order valence-electron chi connectivity index (χ1n) is 5.79. The van der Waals surface area contributed by atoms with Crippen LogP contribution >= 0.6 is 22.6 Å². The minimum absolute atomic E-state index is 0.0914. The third-order valence-corrected chi connectivity index (χ3v) is 3.91. The smallest absolute Gasteiger partial charge is 0.254 e. The number of halogens is 1. The molecule has 1 saturated heterocycles. The van der Waals surface area contributed by atoms with Crippen molar-refractivity contribution in [2.24, 2.45) is 0 Å². The molecule has 18 heavy (non-hydrogen) atoms. The van der Waals surface area contributed by atoms with E-state index in [1.165, 1.54) is 0 Å². The van der Waals surface area contributed by atoms with Gasteiger partial charge in [0.05, 0.1) is 0 Å². The van der Waals surface area contributed by atoms with Crippen LogP contribution in [0.4, 0.5) is 0 Å². The maximum absolute atomic E-state index is 12.4. The fourth-order valence-electron chi connectivity index (χ4n) is 2.00. The van der Waals surface area contributed by atoms with Crippen LogP contribution < -0.4 is 5.32 Å². The molecule has 1 heterocycles. The van der Waals surface area contributed by atoms with Gasteiger partial charge in [0.15, 0.2) is 0 Å². The van der Waals surface area contributed by atoms with Crippen molar-refractivity contribution >= 4 is 34.4 Å². The van der Waals surface area contributed by atoms with Gasteiger partial charge >= 0.3 is 0 Å². The fraction of sp³-hybridized carbons (Fsp3) is 0.385. The first-order chi connectivity index (χ1) is 8.43. The van der Waals surface area contributed by atoms with E-state index in [0.717, 1.165) is 3.57 Å². The molecular formula is C13H15IN2O2. The lowest BCUT2D eigenvalue weighted by atomic mass is 9.97. The standard InChI is InChI=1S/C13H15IN2O2/c1-13(2)12(18)15-7-8-16(13)11(17)9-3-5-10(14)6-4-9/h3-6H,7-8H2,1-2H3,(H,15,18). The molecule has 1 aromatic rings. The molecule has 1 aliphatic rings. The molecule has 0 radical (unpaired) electrons. The maximum atomic E-state index is 12.4. The van der Waals surface area contributed by atoms with Crippen LogP contribution in [0.3, 0.4) is 0 Å². The number of rotatable bonds is 1. The average molecular weight is 358 g/mol. The number of nitrogens with one attached hydrogen (secondary N) is 1. The Hall–Kier alpha value is -1.11. The summed E-state index contributed by atoms with van der Waals surface area (Å²) in [6.45, 7) is 4.60. The first kappa shape index (κ1) is 13.3. The summed E-state index contributed by atoms with van der Waals surface area (Å²) >= 11 is 2.20. The van der Waals surface area contributed by atoms with Gasteiger partial charge in [-0.05, 0) is 60.7 Å². The molecule has 4 nitrogen and oxygen atoms in total. The maximum Gasteiger partial charge on any atom is 0.254 e. The van der Waals surface area contributed by atoms with Crippen LogP contribution in [0.1, 0.15) is 24.2 Å². The van der Waals surface area contributed by atoms with Gasteiger partial charge in [-0.15, -0.1) is 0 Å². The largest absolute Gasteiger partial charge is 0.352 e. The molecule has 1 aliphatic heterocycles. The Balaban J connectivity index is 2.28. The Kier molecular flexibility index (Phi) is 3.61. The number of hydrogen-bond donors (Lipinski definition) is 1. The summed E-state index contributed by atoms with van der Waals surface area (Å²) in [5.74, 6) is -0.195. The molecule has 5 heteroatoms. The molecule has 0 saturated carbocycles. The van der Waals surface area contributed by atoms with E-state index in [4.69, 9.17) is 0 Å². The van der Waals surface area contributed by atoms with Crippen LogP contribution in [0.15, 0.2) is 24.3 Å². The molecule has 1 fully saturated rings. The summed E-state index contributed by atoms with van der Waals surface area (Å²) < 4.78 is 1.08. The number of hydrogen-bond acceptors (Lipinski definition) is 2. The molecular weight excluding hydrogens is 343 g/mol. The van der Waals surface area contributed by atoms with E-state index in [0.29, 0.717) is 18.7 Å². The van der Waals surface area contributed by atoms with Crippen molar-refractivity contribution in [2.45, 2.75) is 19.4 Å². The summed E-state index contributed by atoms with van der Waals surface area (Å²) in [6.07, 6.45) is 0. The Morgan fingerprint density at radius 1 is 1.33 bits per heavy atom. The zero-order chi connectivity index (χ0) is 13.3. The normalized spacial score (nSPS) is 18.4. The molecule has 2 rings (SSSR count). The van der Waals surface area contributed by atoms with Gasteiger partial charge < -0.3 is 10.2 Å². The zero-order valence-electron chi connectivity index (χ0n) is 10.4. The van der Waals surface area contributed by atoms with Crippen molar-refractivity contribution in [3.05, 3.63) is 33.4 Å². The lowest BCUT2D eigenvalue weighted by molar-refractivity contribution is -0.133. The van der Waals surface area contributed by atoms with Gasteiger partial charge in [-0.3, -0.25) is 9.59 Å². The van der Waals surface area contributed by atoms with Gasteiger partial charge in [-0.25, -0.2) is 0 Å². The van der Waals surface area contributed by atoms with Gasteiger partial charge in [0, 0.05) is 22.2 Å². The molecule has 1 aromatic carbocycles. The molecule has 0 unspecified atom stereocenters. The van der Waals surface area contributed by atoms with Crippen LogP contribution in [0.5, 0.6) is 0 Å². The number of benzene rings is 1. The molecule has 0 aliphatic carbocycles. The lowest BCUT2D eigenvalue weighted by Crippen LogP contribution is -2.63. The van der Waals surface area contributed by atoms with E-state index < -0.39 is 5.54 Å². The summed E-state index contributed by atoms with van der Waals surface area (Å²) in [4.78, 5) is 25.9. The summed E-state index contributed by atoms with van der Waals surface area (Å²) in [5.41, 5.74) is -0.170. The van der Waals surface area contributed by atoms with Crippen molar-refractivity contribution in [3.63, 3.8) is 0 Å².